The van der Waals surface area contributed by atoms with Gasteiger partial charge in [0.15, 0.2) is 0 Å². The van der Waals surface area contributed by atoms with Crippen molar-refractivity contribution in [3.63, 3.8) is 0 Å². The zero-order chi connectivity index (χ0) is 13.1. The topological polar surface area (TPSA) is 55.9 Å². The van der Waals surface area contributed by atoms with Crippen molar-refractivity contribution in [1.29, 1.82) is 0 Å². The first-order chi connectivity index (χ1) is 8.63. The van der Waals surface area contributed by atoms with Gasteiger partial charge in [-0.3, -0.25) is 0 Å². The lowest BCUT2D eigenvalue weighted by molar-refractivity contribution is 0.591. The summed E-state index contributed by atoms with van der Waals surface area (Å²) in [5.74, 6) is 1.03. The number of aryl methyl sites for hydroxylation is 2. The molecular weight excluding hydrogens is 224 g/mol. The zero-order valence-corrected chi connectivity index (χ0v) is 11.4. The van der Waals surface area contributed by atoms with Crippen LogP contribution in [0.4, 0.5) is 0 Å². The molecule has 0 radical (unpaired) electrons. The van der Waals surface area contributed by atoms with Gasteiger partial charge in [-0.15, -0.1) is 0 Å². The van der Waals surface area contributed by atoms with Gasteiger partial charge in [-0.25, -0.2) is 4.98 Å². The van der Waals surface area contributed by atoms with E-state index in [2.05, 4.69) is 33.1 Å². The molecule has 0 amide bonds. The summed E-state index contributed by atoms with van der Waals surface area (Å²) in [6.07, 6.45) is 2.09. The van der Waals surface area contributed by atoms with Crippen LogP contribution in [0.5, 0.6) is 0 Å². The van der Waals surface area contributed by atoms with Crippen LogP contribution < -0.4 is 11.1 Å². The Morgan fingerprint density at radius 1 is 1.44 bits per heavy atom. The molecule has 2 rings (SSSR count). The van der Waals surface area contributed by atoms with Gasteiger partial charge in [-0.2, -0.15) is 0 Å². The highest BCUT2D eigenvalue weighted by atomic mass is 15.0. The number of imidazole rings is 1. The Bertz CT molecular complexity index is 530. The summed E-state index contributed by atoms with van der Waals surface area (Å²) in [6, 6.07) is 6.45. The third-order valence-electron chi connectivity index (χ3n) is 3.50. The van der Waals surface area contributed by atoms with Gasteiger partial charge in [0, 0.05) is 13.1 Å². The number of hydrogen-bond donors (Lipinski definition) is 2. The minimum absolute atomic E-state index is 0.102. The summed E-state index contributed by atoms with van der Waals surface area (Å²) in [5, 5.41) is 3.14. The van der Waals surface area contributed by atoms with Crippen LogP contribution in [-0.4, -0.2) is 23.1 Å². The van der Waals surface area contributed by atoms with Crippen molar-refractivity contribution in [2.24, 2.45) is 12.8 Å². The third-order valence-corrected chi connectivity index (χ3v) is 3.50. The van der Waals surface area contributed by atoms with E-state index in [0.29, 0.717) is 0 Å². The monoisotopic (exact) mass is 246 g/mol. The predicted octanol–water partition coefficient (Wildman–Crippen LogP) is 1.88. The highest BCUT2D eigenvalue weighted by molar-refractivity contribution is 5.76. The van der Waals surface area contributed by atoms with E-state index in [1.54, 1.807) is 0 Å². The van der Waals surface area contributed by atoms with Gasteiger partial charge < -0.3 is 15.6 Å². The molecule has 4 heteroatoms. The fourth-order valence-corrected chi connectivity index (χ4v) is 2.23. The standard InChI is InChI=1S/C14H22N4/c1-10-17-13-9-11(6-7-14(13)18(10)3)12(15)5-4-8-16-2/h6-7,9,12,16H,4-5,8,15H2,1-3H3. The van der Waals surface area contributed by atoms with Crippen molar-refractivity contribution in [3.05, 3.63) is 29.6 Å². The van der Waals surface area contributed by atoms with Gasteiger partial charge in [0.25, 0.3) is 0 Å². The van der Waals surface area contributed by atoms with Crippen molar-refractivity contribution in [2.75, 3.05) is 13.6 Å². The number of fused-ring (bicyclic) bond motifs is 1. The maximum atomic E-state index is 6.21. The maximum absolute atomic E-state index is 6.21. The fraction of sp³-hybridized carbons (Fsp3) is 0.500. The van der Waals surface area contributed by atoms with Gasteiger partial charge >= 0.3 is 0 Å². The van der Waals surface area contributed by atoms with Crippen LogP contribution in [0.25, 0.3) is 11.0 Å². The van der Waals surface area contributed by atoms with E-state index in [1.807, 2.05) is 21.0 Å². The first-order valence-electron chi connectivity index (χ1n) is 6.46. The Hall–Kier alpha value is -1.39. The number of nitrogens with zero attached hydrogens (tertiary/aromatic N) is 2. The Kier molecular flexibility index (Phi) is 3.99. The molecule has 0 aliphatic carbocycles. The summed E-state index contributed by atoms with van der Waals surface area (Å²) in [6.45, 7) is 3.03. The molecule has 1 heterocycles. The Morgan fingerprint density at radius 3 is 2.94 bits per heavy atom. The SMILES string of the molecule is CNCCCC(N)c1ccc2c(c1)nc(C)n2C. The molecule has 0 fully saturated rings. The molecule has 0 aliphatic heterocycles. The lowest BCUT2D eigenvalue weighted by Crippen LogP contribution is -2.14. The quantitative estimate of drug-likeness (QED) is 0.792. The smallest absolute Gasteiger partial charge is 0.106 e. The molecule has 2 aromatic rings. The van der Waals surface area contributed by atoms with Crippen molar-refractivity contribution in [2.45, 2.75) is 25.8 Å². The fourth-order valence-electron chi connectivity index (χ4n) is 2.23. The van der Waals surface area contributed by atoms with Gasteiger partial charge in [0.1, 0.15) is 5.82 Å². The van der Waals surface area contributed by atoms with Gasteiger partial charge in [0.05, 0.1) is 11.0 Å². The van der Waals surface area contributed by atoms with E-state index < -0.39 is 0 Å². The molecular formula is C14H22N4. The molecule has 0 saturated carbocycles. The summed E-state index contributed by atoms with van der Waals surface area (Å²) >= 11 is 0. The molecule has 1 aromatic heterocycles. The second kappa shape index (κ2) is 5.50. The molecule has 0 aliphatic rings. The van der Waals surface area contributed by atoms with E-state index in [1.165, 1.54) is 11.1 Å². The van der Waals surface area contributed by atoms with Crippen LogP contribution in [0.3, 0.4) is 0 Å². The van der Waals surface area contributed by atoms with Crippen LogP contribution in [0.2, 0.25) is 0 Å². The summed E-state index contributed by atoms with van der Waals surface area (Å²) in [7, 11) is 4.01. The van der Waals surface area contributed by atoms with Crippen LogP contribution in [0.1, 0.15) is 30.3 Å². The second-order valence-electron chi connectivity index (χ2n) is 4.82. The summed E-state index contributed by atoms with van der Waals surface area (Å²) < 4.78 is 2.10. The Labute approximate surface area is 108 Å². The minimum Gasteiger partial charge on any atom is -0.331 e. The molecule has 4 nitrogen and oxygen atoms in total. The number of benzene rings is 1. The molecule has 0 spiro atoms. The van der Waals surface area contributed by atoms with Crippen molar-refractivity contribution in [1.82, 2.24) is 14.9 Å². The largest absolute Gasteiger partial charge is 0.331 e. The van der Waals surface area contributed by atoms with Gasteiger partial charge in [0.2, 0.25) is 0 Å². The third kappa shape index (κ3) is 2.54. The normalized spacial score (nSPS) is 13.1. The molecule has 0 bridgehead atoms. The molecule has 98 valence electrons. The van der Waals surface area contributed by atoms with E-state index in [4.69, 9.17) is 5.73 Å². The van der Waals surface area contributed by atoms with Crippen LogP contribution in [0, 0.1) is 6.92 Å². The molecule has 3 N–H and O–H groups in total. The first kappa shape index (κ1) is 13.1. The van der Waals surface area contributed by atoms with Crippen molar-refractivity contribution in [3.8, 4) is 0 Å². The molecule has 18 heavy (non-hydrogen) atoms. The summed E-state index contributed by atoms with van der Waals surface area (Å²) in [5.41, 5.74) is 9.59. The summed E-state index contributed by atoms with van der Waals surface area (Å²) in [4.78, 5) is 4.55. The number of nitrogens with one attached hydrogen (secondary N) is 1. The first-order valence-corrected chi connectivity index (χ1v) is 6.46. The van der Waals surface area contributed by atoms with Crippen molar-refractivity contribution < 1.29 is 0 Å². The zero-order valence-electron chi connectivity index (χ0n) is 11.4. The molecule has 1 unspecified atom stereocenters. The predicted molar refractivity (Wildman–Crippen MR) is 75.5 cm³/mol. The number of nitrogens with two attached hydrogens (primary N) is 1. The van der Waals surface area contributed by atoms with Gasteiger partial charge in [-0.1, -0.05) is 6.07 Å². The number of hydrogen-bond acceptors (Lipinski definition) is 3. The molecule has 1 aromatic carbocycles. The van der Waals surface area contributed by atoms with E-state index in [0.717, 1.165) is 30.7 Å². The van der Waals surface area contributed by atoms with Crippen LogP contribution in [0.15, 0.2) is 18.2 Å². The highest BCUT2D eigenvalue weighted by Crippen LogP contribution is 2.21. The second-order valence-corrected chi connectivity index (χ2v) is 4.82. The van der Waals surface area contributed by atoms with Gasteiger partial charge in [-0.05, 0) is 51.1 Å². The van der Waals surface area contributed by atoms with E-state index >= 15 is 0 Å². The Balaban J connectivity index is 2.19. The molecule has 0 saturated heterocycles. The van der Waals surface area contributed by atoms with Crippen LogP contribution in [-0.2, 0) is 7.05 Å². The highest BCUT2D eigenvalue weighted by Gasteiger charge is 2.09. The Morgan fingerprint density at radius 2 is 2.22 bits per heavy atom. The van der Waals surface area contributed by atoms with Crippen LogP contribution >= 0.6 is 0 Å². The number of rotatable bonds is 5. The average Bonchev–Trinajstić information content (AvgIpc) is 2.65. The number of aromatic nitrogens is 2. The minimum atomic E-state index is 0.102. The average molecular weight is 246 g/mol. The lowest BCUT2D eigenvalue weighted by Gasteiger charge is -2.11. The van der Waals surface area contributed by atoms with E-state index in [-0.39, 0.29) is 6.04 Å². The van der Waals surface area contributed by atoms with E-state index in [9.17, 15) is 0 Å². The van der Waals surface area contributed by atoms with Crippen molar-refractivity contribution >= 4 is 11.0 Å². The maximum Gasteiger partial charge on any atom is 0.106 e. The molecule has 1 atom stereocenters. The lowest BCUT2D eigenvalue weighted by atomic mass is 10.0.